The Morgan fingerprint density at radius 3 is 2.71 bits per heavy atom. The number of nitrogens with zero attached hydrogens (tertiary/aromatic N) is 3. The predicted molar refractivity (Wildman–Crippen MR) is 86.0 cm³/mol. The normalized spacial score (nSPS) is 11.5. The molecule has 2 heterocycles. The van der Waals surface area contributed by atoms with E-state index >= 15 is 0 Å². The number of nitrogens with two attached hydrogens (primary N) is 1. The molecule has 4 nitrogen and oxygen atoms in total. The Kier molecular flexibility index (Phi) is 3.47. The van der Waals surface area contributed by atoms with Gasteiger partial charge in [-0.25, -0.2) is 4.98 Å². The van der Waals surface area contributed by atoms with Crippen molar-refractivity contribution < 1.29 is 0 Å². The van der Waals surface area contributed by atoms with Crippen LogP contribution in [-0.2, 0) is 6.54 Å². The Bertz CT molecular complexity index is 787. The van der Waals surface area contributed by atoms with Crippen LogP contribution in [0.3, 0.4) is 0 Å². The van der Waals surface area contributed by atoms with Crippen LogP contribution >= 0.6 is 0 Å². The van der Waals surface area contributed by atoms with Crippen LogP contribution in [0, 0.1) is 6.92 Å². The zero-order chi connectivity index (χ0) is 15.0. The SMILES string of the molecule is Cc1cccnc1-c1nc2cc(CN)ccc2n1C(C)C. The molecule has 4 heteroatoms. The van der Waals surface area contributed by atoms with Crippen LogP contribution in [-0.4, -0.2) is 14.5 Å². The van der Waals surface area contributed by atoms with Crippen LogP contribution in [0.1, 0.15) is 31.0 Å². The third-order valence-electron chi connectivity index (χ3n) is 3.73. The molecule has 108 valence electrons. The molecule has 0 atom stereocenters. The first-order valence-corrected chi connectivity index (χ1v) is 7.24. The Balaban J connectivity index is 2.31. The molecule has 0 aliphatic rings. The summed E-state index contributed by atoms with van der Waals surface area (Å²) in [4.78, 5) is 9.34. The molecule has 3 rings (SSSR count). The van der Waals surface area contributed by atoms with Crippen molar-refractivity contribution in [1.29, 1.82) is 0 Å². The Labute approximate surface area is 124 Å². The van der Waals surface area contributed by atoms with Gasteiger partial charge in [0.1, 0.15) is 5.69 Å². The maximum atomic E-state index is 5.73. The molecule has 0 aliphatic heterocycles. The number of aromatic nitrogens is 3. The maximum Gasteiger partial charge on any atom is 0.160 e. The summed E-state index contributed by atoms with van der Waals surface area (Å²) in [5.41, 5.74) is 11.0. The largest absolute Gasteiger partial charge is 0.326 e. The van der Waals surface area contributed by atoms with E-state index < -0.39 is 0 Å². The van der Waals surface area contributed by atoms with Crippen LogP contribution in [0.4, 0.5) is 0 Å². The van der Waals surface area contributed by atoms with E-state index in [2.05, 4.69) is 54.6 Å². The summed E-state index contributed by atoms with van der Waals surface area (Å²) in [6, 6.07) is 10.6. The van der Waals surface area contributed by atoms with E-state index in [-0.39, 0.29) is 0 Å². The molecule has 0 unspecified atom stereocenters. The molecule has 0 aliphatic carbocycles. The highest BCUT2D eigenvalue weighted by atomic mass is 15.1. The maximum absolute atomic E-state index is 5.73. The molecule has 0 radical (unpaired) electrons. The highest BCUT2D eigenvalue weighted by molar-refractivity contribution is 5.81. The smallest absolute Gasteiger partial charge is 0.160 e. The fourth-order valence-electron chi connectivity index (χ4n) is 2.68. The molecule has 0 saturated carbocycles. The summed E-state index contributed by atoms with van der Waals surface area (Å²) in [6.45, 7) is 6.93. The first-order chi connectivity index (χ1) is 10.1. The zero-order valence-corrected chi connectivity index (χ0v) is 12.7. The Morgan fingerprint density at radius 1 is 1.24 bits per heavy atom. The van der Waals surface area contributed by atoms with Crippen LogP contribution in [0.2, 0.25) is 0 Å². The Hall–Kier alpha value is -2.20. The lowest BCUT2D eigenvalue weighted by atomic mass is 10.2. The summed E-state index contributed by atoms with van der Waals surface area (Å²) >= 11 is 0. The number of benzene rings is 1. The van der Waals surface area contributed by atoms with E-state index in [0.29, 0.717) is 12.6 Å². The fourth-order valence-corrected chi connectivity index (χ4v) is 2.68. The van der Waals surface area contributed by atoms with Gasteiger partial charge in [-0.05, 0) is 50.1 Å². The van der Waals surface area contributed by atoms with E-state index in [1.54, 1.807) is 0 Å². The van der Waals surface area contributed by atoms with Crippen molar-refractivity contribution in [2.45, 2.75) is 33.4 Å². The Morgan fingerprint density at radius 2 is 2.05 bits per heavy atom. The minimum absolute atomic E-state index is 0.315. The summed E-state index contributed by atoms with van der Waals surface area (Å²) in [7, 11) is 0. The summed E-state index contributed by atoms with van der Waals surface area (Å²) in [5.74, 6) is 0.923. The van der Waals surface area contributed by atoms with Gasteiger partial charge in [0.05, 0.1) is 11.0 Å². The number of hydrogen-bond donors (Lipinski definition) is 1. The molecule has 0 saturated heterocycles. The minimum Gasteiger partial charge on any atom is -0.326 e. The quantitative estimate of drug-likeness (QED) is 0.799. The predicted octanol–water partition coefficient (Wildman–Crippen LogP) is 3.45. The van der Waals surface area contributed by atoms with Crippen molar-refractivity contribution in [2.24, 2.45) is 5.73 Å². The van der Waals surface area contributed by atoms with Crippen LogP contribution < -0.4 is 5.73 Å². The van der Waals surface area contributed by atoms with Gasteiger partial charge in [-0.15, -0.1) is 0 Å². The van der Waals surface area contributed by atoms with E-state index in [4.69, 9.17) is 10.7 Å². The van der Waals surface area contributed by atoms with Crippen molar-refractivity contribution in [2.75, 3.05) is 0 Å². The topological polar surface area (TPSA) is 56.7 Å². The van der Waals surface area contributed by atoms with Gasteiger partial charge in [0, 0.05) is 18.8 Å². The monoisotopic (exact) mass is 280 g/mol. The molecule has 3 aromatic rings. The minimum atomic E-state index is 0.315. The van der Waals surface area contributed by atoms with Crippen LogP contribution in [0.25, 0.3) is 22.6 Å². The number of hydrogen-bond acceptors (Lipinski definition) is 3. The van der Waals surface area contributed by atoms with Gasteiger partial charge >= 0.3 is 0 Å². The van der Waals surface area contributed by atoms with Gasteiger partial charge in [-0.1, -0.05) is 12.1 Å². The lowest BCUT2D eigenvalue weighted by Gasteiger charge is -2.13. The van der Waals surface area contributed by atoms with Crippen LogP contribution in [0.15, 0.2) is 36.5 Å². The van der Waals surface area contributed by atoms with Gasteiger partial charge in [0.2, 0.25) is 0 Å². The average Bonchev–Trinajstić information content (AvgIpc) is 2.85. The second-order valence-electron chi connectivity index (χ2n) is 5.60. The average molecular weight is 280 g/mol. The highest BCUT2D eigenvalue weighted by Crippen LogP contribution is 2.29. The van der Waals surface area contributed by atoms with E-state index in [1.807, 2.05) is 12.3 Å². The lowest BCUT2D eigenvalue weighted by Crippen LogP contribution is -2.05. The van der Waals surface area contributed by atoms with Crippen molar-refractivity contribution in [3.63, 3.8) is 0 Å². The second kappa shape index (κ2) is 5.30. The third-order valence-corrected chi connectivity index (χ3v) is 3.73. The van der Waals surface area contributed by atoms with Gasteiger partial charge in [-0.2, -0.15) is 0 Å². The molecule has 0 spiro atoms. The van der Waals surface area contributed by atoms with E-state index in [9.17, 15) is 0 Å². The zero-order valence-electron chi connectivity index (χ0n) is 12.7. The lowest BCUT2D eigenvalue weighted by molar-refractivity contribution is 0.623. The fraction of sp³-hybridized carbons (Fsp3) is 0.294. The molecule has 1 aromatic carbocycles. The standard InChI is InChI=1S/C17H20N4/c1-11(2)21-15-7-6-13(10-18)9-14(15)20-17(21)16-12(3)5-4-8-19-16/h4-9,11H,10,18H2,1-3H3. The van der Waals surface area contributed by atoms with Gasteiger partial charge < -0.3 is 10.3 Å². The summed E-state index contributed by atoms with van der Waals surface area (Å²) in [6.07, 6.45) is 1.82. The molecule has 21 heavy (non-hydrogen) atoms. The van der Waals surface area contributed by atoms with Crippen molar-refractivity contribution >= 4 is 11.0 Å². The van der Waals surface area contributed by atoms with Crippen LogP contribution in [0.5, 0.6) is 0 Å². The van der Waals surface area contributed by atoms with E-state index in [0.717, 1.165) is 33.7 Å². The molecule has 2 N–H and O–H groups in total. The number of rotatable bonds is 3. The second-order valence-corrected chi connectivity index (χ2v) is 5.60. The number of pyridine rings is 1. The molecule has 2 aromatic heterocycles. The molecule has 0 fully saturated rings. The summed E-state index contributed by atoms with van der Waals surface area (Å²) < 4.78 is 2.24. The molecule has 0 amide bonds. The van der Waals surface area contributed by atoms with Crippen molar-refractivity contribution in [3.8, 4) is 11.5 Å². The highest BCUT2D eigenvalue weighted by Gasteiger charge is 2.17. The number of fused-ring (bicyclic) bond motifs is 1. The van der Waals surface area contributed by atoms with Gasteiger partial charge in [0.25, 0.3) is 0 Å². The van der Waals surface area contributed by atoms with Crippen molar-refractivity contribution in [1.82, 2.24) is 14.5 Å². The first-order valence-electron chi connectivity index (χ1n) is 7.24. The molecular weight excluding hydrogens is 260 g/mol. The molecule has 0 bridgehead atoms. The van der Waals surface area contributed by atoms with E-state index in [1.165, 1.54) is 0 Å². The third kappa shape index (κ3) is 2.32. The molecular formula is C17H20N4. The number of aryl methyl sites for hydroxylation is 1. The number of imidazole rings is 1. The van der Waals surface area contributed by atoms with Gasteiger partial charge in [-0.3, -0.25) is 4.98 Å². The first kappa shape index (κ1) is 13.8. The summed E-state index contributed by atoms with van der Waals surface area (Å²) in [5, 5.41) is 0. The van der Waals surface area contributed by atoms with Crippen molar-refractivity contribution in [3.05, 3.63) is 47.7 Å². The van der Waals surface area contributed by atoms with Gasteiger partial charge in [0.15, 0.2) is 5.82 Å².